The molecule has 0 spiro atoms. The zero-order chi connectivity index (χ0) is 13.9. The third-order valence-corrected chi connectivity index (χ3v) is 4.15. The van der Waals surface area contributed by atoms with E-state index < -0.39 is 17.9 Å². The van der Waals surface area contributed by atoms with Gasteiger partial charge in [0.2, 0.25) is 0 Å². The first kappa shape index (κ1) is 15.3. The summed E-state index contributed by atoms with van der Waals surface area (Å²) >= 11 is 12.6. The molecule has 0 fully saturated rings. The first-order chi connectivity index (χ1) is 8.36. The molecule has 0 aliphatic rings. The second kappa shape index (κ2) is 6.41. The molecule has 1 unspecified atom stereocenters. The van der Waals surface area contributed by atoms with Gasteiger partial charge in [0.05, 0.1) is 9.90 Å². The number of carboxylic acids is 1. The minimum Gasteiger partial charge on any atom is -0.480 e. The summed E-state index contributed by atoms with van der Waals surface area (Å²) in [4.78, 5) is 23.0. The molecular formula is C11H13Cl2NO3S. The lowest BCUT2D eigenvalue weighted by Crippen LogP contribution is -2.44. The van der Waals surface area contributed by atoms with E-state index in [0.717, 1.165) is 11.3 Å². The molecule has 18 heavy (non-hydrogen) atoms. The zero-order valence-corrected chi connectivity index (χ0v) is 12.2. The predicted octanol–water partition coefficient (Wildman–Crippen LogP) is 3.28. The van der Waals surface area contributed by atoms with Gasteiger partial charge in [0.25, 0.3) is 5.91 Å². The average molecular weight is 310 g/mol. The Hall–Kier alpha value is -0.780. The van der Waals surface area contributed by atoms with Gasteiger partial charge in [0.1, 0.15) is 10.4 Å². The van der Waals surface area contributed by atoms with E-state index in [4.69, 9.17) is 28.3 Å². The minimum absolute atomic E-state index is 0.167. The van der Waals surface area contributed by atoms with Crippen molar-refractivity contribution in [3.8, 4) is 0 Å². The maximum absolute atomic E-state index is 11.9. The Labute approximate surface area is 119 Å². The van der Waals surface area contributed by atoms with Crippen LogP contribution in [0.25, 0.3) is 0 Å². The molecule has 0 bridgehead atoms. The topological polar surface area (TPSA) is 66.4 Å². The van der Waals surface area contributed by atoms with E-state index >= 15 is 0 Å². The third kappa shape index (κ3) is 3.60. The number of carbonyl (C=O) groups excluding carboxylic acids is 1. The van der Waals surface area contributed by atoms with Crippen LogP contribution in [0.15, 0.2) is 6.07 Å². The fraction of sp³-hybridized carbons (Fsp3) is 0.455. The first-order valence-corrected chi connectivity index (χ1v) is 6.92. The van der Waals surface area contributed by atoms with Crippen molar-refractivity contribution >= 4 is 46.4 Å². The zero-order valence-electron chi connectivity index (χ0n) is 9.87. The van der Waals surface area contributed by atoms with Crippen LogP contribution in [-0.4, -0.2) is 23.0 Å². The fourth-order valence-corrected chi connectivity index (χ4v) is 2.86. The number of rotatable bonds is 5. The van der Waals surface area contributed by atoms with E-state index in [2.05, 4.69) is 5.32 Å². The predicted molar refractivity (Wildman–Crippen MR) is 72.7 cm³/mol. The molecule has 0 aromatic carbocycles. The highest BCUT2D eigenvalue weighted by Gasteiger charge is 2.27. The Morgan fingerprint density at radius 1 is 1.50 bits per heavy atom. The number of carbonyl (C=O) groups is 2. The molecule has 2 atom stereocenters. The maximum Gasteiger partial charge on any atom is 0.326 e. The van der Waals surface area contributed by atoms with Crippen LogP contribution in [-0.2, 0) is 4.79 Å². The summed E-state index contributed by atoms with van der Waals surface area (Å²) in [6.45, 7) is 3.63. The largest absolute Gasteiger partial charge is 0.480 e. The van der Waals surface area contributed by atoms with E-state index in [1.165, 1.54) is 6.07 Å². The molecule has 1 aromatic heterocycles. The highest BCUT2D eigenvalue weighted by Crippen LogP contribution is 2.31. The Morgan fingerprint density at radius 3 is 2.50 bits per heavy atom. The fourth-order valence-electron chi connectivity index (χ4n) is 1.40. The first-order valence-electron chi connectivity index (χ1n) is 5.35. The molecule has 1 rings (SSSR count). The summed E-state index contributed by atoms with van der Waals surface area (Å²) in [6.07, 6.45) is 0.648. The van der Waals surface area contributed by atoms with Crippen LogP contribution in [0.1, 0.15) is 30.6 Å². The Kier molecular flexibility index (Phi) is 5.44. The van der Waals surface area contributed by atoms with Crippen molar-refractivity contribution in [2.45, 2.75) is 26.3 Å². The van der Waals surface area contributed by atoms with Crippen LogP contribution < -0.4 is 5.32 Å². The summed E-state index contributed by atoms with van der Waals surface area (Å²) in [7, 11) is 0. The van der Waals surface area contributed by atoms with Crippen LogP contribution in [0.4, 0.5) is 0 Å². The molecule has 0 aliphatic heterocycles. The Balaban J connectivity index is 2.85. The summed E-state index contributed by atoms with van der Waals surface area (Å²) in [5.74, 6) is -1.75. The number of thiophene rings is 1. The third-order valence-electron chi connectivity index (χ3n) is 2.67. The van der Waals surface area contributed by atoms with Gasteiger partial charge in [0.15, 0.2) is 0 Å². The van der Waals surface area contributed by atoms with Crippen molar-refractivity contribution in [2.75, 3.05) is 0 Å². The summed E-state index contributed by atoms with van der Waals surface area (Å²) in [6, 6.07) is 0.497. The van der Waals surface area contributed by atoms with Gasteiger partial charge in [0, 0.05) is 0 Å². The monoisotopic (exact) mass is 309 g/mol. The number of halogens is 2. The number of hydrogen-bond donors (Lipinski definition) is 2. The lowest BCUT2D eigenvalue weighted by molar-refractivity contribution is -0.140. The van der Waals surface area contributed by atoms with Gasteiger partial charge < -0.3 is 10.4 Å². The van der Waals surface area contributed by atoms with Gasteiger partial charge in [-0.2, -0.15) is 0 Å². The number of aliphatic carboxylic acids is 1. The van der Waals surface area contributed by atoms with Crippen molar-refractivity contribution in [1.29, 1.82) is 0 Å². The van der Waals surface area contributed by atoms with Crippen molar-refractivity contribution < 1.29 is 14.7 Å². The van der Waals surface area contributed by atoms with E-state index in [1.54, 1.807) is 6.92 Å². The molecule has 1 heterocycles. The number of hydrogen-bond acceptors (Lipinski definition) is 3. The molecule has 0 saturated carbocycles. The van der Waals surface area contributed by atoms with E-state index in [9.17, 15) is 9.59 Å². The number of nitrogens with one attached hydrogen (secondary N) is 1. The SMILES string of the molecule is CCC(C)[C@H](NC(=O)c1cc(Cl)sc1Cl)C(=O)O. The maximum atomic E-state index is 11.9. The van der Waals surface area contributed by atoms with Gasteiger partial charge in [-0.25, -0.2) is 4.79 Å². The summed E-state index contributed by atoms with van der Waals surface area (Å²) in [5, 5.41) is 11.5. The summed E-state index contributed by atoms with van der Waals surface area (Å²) < 4.78 is 0.645. The molecule has 1 aromatic rings. The van der Waals surface area contributed by atoms with Crippen molar-refractivity contribution in [2.24, 2.45) is 5.92 Å². The molecule has 7 heteroatoms. The van der Waals surface area contributed by atoms with Gasteiger partial charge in [-0.15, -0.1) is 11.3 Å². The highest BCUT2D eigenvalue weighted by atomic mass is 35.5. The molecule has 0 aliphatic carbocycles. The van der Waals surface area contributed by atoms with Crippen LogP contribution in [0.5, 0.6) is 0 Å². The minimum atomic E-state index is -1.06. The van der Waals surface area contributed by atoms with Crippen LogP contribution in [0, 0.1) is 5.92 Å². The molecule has 100 valence electrons. The lowest BCUT2D eigenvalue weighted by atomic mass is 9.99. The van der Waals surface area contributed by atoms with Crippen LogP contribution >= 0.6 is 34.5 Å². The van der Waals surface area contributed by atoms with Crippen LogP contribution in [0.3, 0.4) is 0 Å². The van der Waals surface area contributed by atoms with Gasteiger partial charge >= 0.3 is 5.97 Å². The van der Waals surface area contributed by atoms with E-state index in [0.29, 0.717) is 10.8 Å². The number of amides is 1. The van der Waals surface area contributed by atoms with Crippen LogP contribution in [0.2, 0.25) is 8.67 Å². The molecule has 0 saturated heterocycles. The van der Waals surface area contributed by atoms with Crippen molar-refractivity contribution in [3.05, 3.63) is 20.3 Å². The quantitative estimate of drug-likeness (QED) is 0.877. The van der Waals surface area contributed by atoms with E-state index in [1.807, 2.05) is 6.92 Å². The molecular weight excluding hydrogens is 297 g/mol. The molecule has 1 amide bonds. The standard InChI is InChI=1S/C11H13Cl2NO3S/c1-3-5(2)8(11(16)17)14-10(15)6-4-7(12)18-9(6)13/h4-5,8H,3H2,1-2H3,(H,14,15)(H,16,17)/t5?,8-/m0/s1. The lowest BCUT2D eigenvalue weighted by Gasteiger charge is -2.19. The van der Waals surface area contributed by atoms with Gasteiger partial charge in [-0.05, 0) is 12.0 Å². The molecule has 4 nitrogen and oxygen atoms in total. The highest BCUT2D eigenvalue weighted by molar-refractivity contribution is 7.20. The summed E-state index contributed by atoms with van der Waals surface area (Å²) in [5.41, 5.74) is 0.209. The van der Waals surface area contributed by atoms with Gasteiger partial charge in [-0.3, -0.25) is 4.79 Å². The van der Waals surface area contributed by atoms with Gasteiger partial charge in [-0.1, -0.05) is 43.5 Å². The normalized spacial score (nSPS) is 14.0. The smallest absolute Gasteiger partial charge is 0.326 e. The second-order valence-corrected chi connectivity index (χ2v) is 6.20. The Morgan fingerprint density at radius 2 is 2.11 bits per heavy atom. The van der Waals surface area contributed by atoms with Crippen molar-refractivity contribution in [3.63, 3.8) is 0 Å². The second-order valence-electron chi connectivity index (χ2n) is 3.91. The number of carboxylic acid groups (broad SMARTS) is 1. The molecule has 2 N–H and O–H groups in total. The molecule has 0 radical (unpaired) electrons. The van der Waals surface area contributed by atoms with E-state index in [-0.39, 0.29) is 15.8 Å². The average Bonchev–Trinajstić information content (AvgIpc) is 2.63. The Bertz CT molecular complexity index is 461. The van der Waals surface area contributed by atoms with Crippen molar-refractivity contribution in [1.82, 2.24) is 5.32 Å².